The molecule has 6 nitrogen and oxygen atoms in total. The number of aliphatic carboxylic acids is 1. The van der Waals surface area contributed by atoms with Gasteiger partial charge in [0, 0.05) is 36.1 Å². The molecule has 2 aliphatic rings. The summed E-state index contributed by atoms with van der Waals surface area (Å²) in [7, 11) is 1.97. The number of carbonyl (C=O) groups excluding carboxylic acids is 1. The monoisotopic (exact) mass is 349 g/mol. The van der Waals surface area contributed by atoms with E-state index in [1.54, 1.807) is 6.92 Å². The summed E-state index contributed by atoms with van der Waals surface area (Å²) in [5.41, 5.74) is 2.32. The second-order valence-corrected chi connectivity index (χ2v) is 7.47. The Balaban J connectivity index is 1.78. The second kappa shape index (κ2) is 6.22. The minimum atomic E-state index is -1.08. The molecule has 1 saturated heterocycles. The molecule has 2 aliphatic heterocycles. The molecule has 24 heavy (non-hydrogen) atoms. The first-order valence-corrected chi connectivity index (χ1v) is 8.85. The fraction of sp³-hybridized carbons (Fsp3) is 0.471. The van der Waals surface area contributed by atoms with Gasteiger partial charge in [-0.2, -0.15) is 0 Å². The minimum Gasteiger partial charge on any atom is -0.477 e. The van der Waals surface area contributed by atoms with Crippen LogP contribution >= 0.6 is 11.8 Å². The summed E-state index contributed by atoms with van der Waals surface area (Å²) in [5.74, 6) is -1.20. The van der Waals surface area contributed by atoms with E-state index in [9.17, 15) is 19.8 Å². The molecule has 0 bridgehead atoms. The number of aliphatic hydroxyl groups excluding tert-OH is 1. The predicted molar refractivity (Wildman–Crippen MR) is 88.7 cm³/mol. The number of carbonyl (C=O) groups is 2. The standard InChI is InChI=1S/C17H20N2O4S/c1-9-6-11(4-5-18(9)3)8-24-13-7-12-14(10(2)20)16(21)19(12)15(13)17(22)23/h4-6,10,12,14,20H,7-8H2,1-3H3/p+1/t10?,12-,14-/m1/s1. The number of aromatic nitrogens is 1. The van der Waals surface area contributed by atoms with Gasteiger partial charge in [0.2, 0.25) is 5.91 Å². The van der Waals surface area contributed by atoms with Gasteiger partial charge in [-0.15, -0.1) is 11.8 Å². The van der Waals surface area contributed by atoms with Crippen molar-refractivity contribution < 1.29 is 24.4 Å². The first-order chi connectivity index (χ1) is 11.3. The third-order valence-corrected chi connectivity index (χ3v) is 5.95. The van der Waals surface area contributed by atoms with Gasteiger partial charge in [-0.25, -0.2) is 9.36 Å². The van der Waals surface area contributed by atoms with E-state index in [1.807, 2.05) is 30.8 Å². The summed E-state index contributed by atoms with van der Waals surface area (Å²) in [6.45, 7) is 3.60. The highest BCUT2D eigenvalue weighted by atomic mass is 32.2. The molecule has 0 aromatic carbocycles. The normalized spacial score (nSPS) is 24.0. The van der Waals surface area contributed by atoms with Gasteiger partial charge in [0.25, 0.3) is 0 Å². The summed E-state index contributed by atoms with van der Waals surface area (Å²) in [6.07, 6.45) is 1.73. The zero-order valence-electron chi connectivity index (χ0n) is 13.9. The van der Waals surface area contributed by atoms with Crippen LogP contribution in [0.15, 0.2) is 28.9 Å². The number of thioether (sulfide) groups is 1. The van der Waals surface area contributed by atoms with Crippen LogP contribution in [-0.2, 0) is 22.4 Å². The smallest absolute Gasteiger partial charge is 0.353 e. The van der Waals surface area contributed by atoms with Crippen molar-refractivity contribution >= 4 is 23.6 Å². The van der Waals surface area contributed by atoms with Crippen molar-refractivity contribution in [1.29, 1.82) is 0 Å². The number of rotatable bonds is 5. The Hall–Kier alpha value is -1.86. The van der Waals surface area contributed by atoms with Crippen LogP contribution in [0.4, 0.5) is 0 Å². The molecule has 3 atom stereocenters. The van der Waals surface area contributed by atoms with Crippen molar-refractivity contribution in [3.8, 4) is 0 Å². The van der Waals surface area contributed by atoms with Crippen molar-refractivity contribution in [1.82, 2.24) is 4.90 Å². The molecule has 7 heteroatoms. The van der Waals surface area contributed by atoms with E-state index in [0.29, 0.717) is 12.2 Å². The number of carboxylic acids is 1. The molecule has 1 fully saturated rings. The maximum atomic E-state index is 12.2. The lowest BCUT2D eigenvalue weighted by molar-refractivity contribution is -0.677. The van der Waals surface area contributed by atoms with Crippen LogP contribution in [0.1, 0.15) is 24.6 Å². The van der Waals surface area contributed by atoms with Crippen LogP contribution in [0.5, 0.6) is 0 Å². The van der Waals surface area contributed by atoms with Gasteiger partial charge in [-0.05, 0) is 12.5 Å². The van der Waals surface area contributed by atoms with Crippen molar-refractivity contribution in [3.05, 3.63) is 40.2 Å². The van der Waals surface area contributed by atoms with Gasteiger partial charge in [0.1, 0.15) is 12.7 Å². The summed E-state index contributed by atoms with van der Waals surface area (Å²) >= 11 is 1.47. The zero-order valence-corrected chi connectivity index (χ0v) is 14.7. The highest BCUT2D eigenvalue weighted by Gasteiger charge is 2.56. The molecule has 1 aromatic heterocycles. The zero-order chi connectivity index (χ0) is 17.6. The van der Waals surface area contributed by atoms with Crippen LogP contribution in [0.25, 0.3) is 0 Å². The second-order valence-electron chi connectivity index (χ2n) is 6.40. The third-order valence-electron chi connectivity index (χ3n) is 4.77. The Morgan fingerprint density at radius 1 is 1.54 bits per heavy atom. The molecule has 1 amide bonds. The fourth-order valence-electron chi connectivity index (χ4n) is 3.36. The van der Waals surface area contributed by atoms with Gasteiger partial charge in [-0.1, -0.05) is 0 Å². The number of hydrogen-bond donors (Lipinski definition) is 2. The maximum Gasteiger partial charge on any atom is 0.353 e. The number of aryl methyl sites for hydroxylation is 2. The number of amides is 1. The number of carboxylic acid groups (broad SMARTS) is 1. The highest BCUT2D eigenvalue weighted by Crippen LogP contribution is 2.47. The molecule has 0 saturated carbocycles. The Morgan fingerprint density at radius 3 is 2.83 bits per heavy atom. The summed E-state index contributed by atoms with van der Waals surface area (Å²) in [5, 5.41) is 19.2. The summed E-state index contributed by atoms with van der Waals surface area (Å²) in [6, 6.07) is 3.86. The Kier molecular flexibility index (Phi) is 4.40. The number of hydrogen-bond acceptors (Lipinski definition) is 4. The van der Waals surface area contributed by atoms with Crippen molar-refractivity contribution in [2.75, 3.05) is 0 Å². The first-order valence-electron chi connectivity index (χ1n) is 7.86. The van der Waals surface area contributed by atoms with Gasteiger partial charge in [0.15, 0.2) is 11.9 Å². The summed E-state index contributed by atoms with van der Waals surface area (Å²) in [4.78, 5) is 25.8. The highest BCUT2D eigenvalue weighted by molar-refractivity contribution is 8.02. The van der Waals surface area contributed by atoms with Crippen LogP contribution in [0, 0.1) is 12.8 Å². The molecule has 3 rings (SSSR count). The Bertz CT molecular complexity index is 744. The molecule has 0 spiro atoms. The number of fused-ring (bicyclic) bond motifs is 1. The number of nitrogens with zero attached hydrogens (tertiary/aromatic N) is 2. The van der Waals surface area contributed by atoms with E-state index in [1.165, 1.54) is 16.7 Å². The van der Waals surface area contributed by atoms with E-state index >= 15 is 0 Å². The van der Waals surface area contributed by atoms with Crippen molar-refractivity contribution in [2.24, 2.45) is 13.0 Å². The van der Waals surface area contributed by atoms with E-state index < -0.39 is 18.0 Å². The topological polar surface area (TPSA) is 81.7 Å². The molecular formula is C17H21N2O4S+. The molecule has 2 N–H and O–H groups in total. The van der Waals surface area contributed by atoms with E-state index in [4.69, 9.17) is 0 Å². The largest absolute Gasteiger partial charge is 0.477 e. The van der Waals surface area contributed by atoms with E-state index in [2.05, 4.69) is 6.07 Å². The fourth-order valence-corrected chi connectivity index (χ4v) is 4.49. The van der Waals surface area contributed by atoms with E-state index in [0.717, 1.165) is 16.2 Å². The molecule has 128 valence electrons. The Labute approximate surface area is 144 Å². The minimum absolute atomic E-state index is 0.0881. The Morgan fingerprint density at radius 2 is 2.25 bits per heavy atom. The van der Waals surface area contributed by atoms with Crippen LogP contribution < -0.4 is 4.57 Å². The third kappa shape index (κ3) is 2.71. The van der Waals surface area contributed by atoms with Crippen LogP contribution in [-0.4, -0.2) is 39.1 Å². The van der Waals surface area contributed by atoms with Crippen molar-refractivity contribution in [2.45, 2.75) is 38.2 Å². The van der Waals surface area contributed by atoms with Crippen LogP contribution in [0.3, 0.4) is 0 Å². The average Bonchev–Trinajstić information content (AvgIpc) is 2.82. The average molecular weight is 349 g/mol. The van der Waals surface area contributed by atoms with Crippen molar-refractivity contribution in [3.63, 3.8) is 0 Å². The van der Waals surface area contributed by atoms with E-state index in [-0.39, 0.29) is 17.6 Å². The molecule has 3 heterocycles. The molecule has 1 aromatic rings. The SMILES string of the molecule is Cc1cc(CSC2=C(C(=O)O)N3C(=O)[C@H](C(C)O)[C@H]3C2)cc[n+]1C. The predicted octanol–water partition coefficient (Wildman–Crippen LogP) is 0.960. The number of β-lactam (4-membered cyclic amide) rings is 1. The lowest BCUT2D eigenvalue weighted by Crippen LogP contribution is -2.61. The molecule has 1 unspecified atom stereocenters. The molecule has 0 radical (unpaired) electrons. The number of aliphatic hydroxyl groups is 1. The summed E-state index contributed by atoms with van der Waals surface area (Å²) < 4.78 is 2.02. The van der Waals surface area contributed by atoms with Gasteiger partial charge in [-0.3, -0.25) is 4.79 Å². The molecule has 0 aliphatic carbocycles. The molecular weight excluding hydrogens is 328 g/mol. The first kappa shape index (κ1) is 17.0. The van der Waals surface area contributed by atoms with Gasteiger partial charge < -0.3 is 15.1 Å². The maximum absolute atomic E-state index is 12.2. The van der Waals surface area contributed by atoms with Gasteiger partial charge in [0.05, 0.1) is 18.1 Å². The van der Waals surface area contributed by atoms with Crippen LogP contribution in [0.2, 0.25) is 0 Å². The number of pyridine rings is 1. The lowest BCUT2D eigenvalue weighted by atomic mass is 9.83. The van der Waals surface area contributed by atoms with Gasteiger partial charge >= 0.3 is 5.97 Å². The lowest BCUT2D eigenvalue weighted by Gasteiger charge is -2.44. The quantitative estimate of drug-likeness (QED) is 0.611.